The summed E-state index contributed by atoms with van der Waals surface area (Å²) in [6.45, 7) is 4.09. The smallest absolute Gasteiger partial charge is 0.269 e. The number of carbonyl (C=O) groups excluding carboxylic acids is 1. The molecule has 0 saturated carbocycles. The molecule has 3 aromatic rings. The summed E-state index contributed by atoms with van der Waals surface area (Å²) in [6, 6.07) is 12.4. The van der Waals surface area contributed by atoms with E-state index < -0.39 is 4.92 Å². The number of nitro groups is 1. The number of rotatable bonds is 11. The number of phenols is 1. The first-order chi connectivity index (χ1) is 18.2. The van der Waals surface area contributed by atoms with E-state index in [1.165, 1.54) is 43.7 Å². The van der Waals surface area contributed by atoms with Crippen LogP contribution in [0.4, 0.5) is 11.4 Å². The van der Waals surface area contributed by atoms with Gasteiger partial charge in [-0.05, 0) is 59.9 Å². The van der Waals surface area contributed by atoms with E-state index in [9.17, 15) is 20.0 Å². The number of halogens is 1. The lowest BCUT2D eigenvalue weighted by atomic mass is 9.95. The van der Waals surface area contributed by atoms with Gasteiger partial charge in [-0.15, -0.1) is 0 Å². The highest BCUT2D eigenvalue weighted by Gasteiger charge is 2.16. The summed E-state index contributed by atoms with van der Waals surface area (Å²) in [6.07, 6.45) is 7.29. The van der Waals surface area contributed by atoms with Crippen LogP contribution in [0.1, 0.15) is 53.2 Å². The van der Waals surface area contributed by atoms with Gasteiger partial charge in [-0.1, -0.05) is 37.6 Å². The number of methoxy groups -OCH3 is 2. The number of nitro benzene ring substituents is 1. The van der Waals surface area contributed by atoms with Crippen molar-refractivity contribution in [2.45, 2.75) is 26.2 Å². The Hall–Kier alpha value is -4.30. The van der Waals surface area contributed by atoms with Crippen LogP contribution in [-0.4, -0.2) is 30.0 Å². The number of hydrogen-bond donors (Lipinski definition) is 2. The van der Waals surface area contributed by atoms with Gasteiger partial charge in [0, 0.05) is 35.5 Å². The van der Waals surface area contributed by atoms with Crippen molar-refractivity contribution < 1.29 is 24.3 Å². The van der Waals surface area contributed by atoms with Crippen molar-refractivity contribution in [1.82, 2.24) is 0 Å². The molecule has 0 fully saturated rings. The summed E-state index contributed by atoms with van der Waals surface area (Å²) in [7, 11) is 3.07. The molecule has 1 unspecified atom stereocenters. The zero-order chi connectivity index (χ0) is 27.8. The summed E-state index contributed by atoms with van der Waals surface area (Å²) in [5.41, 5.74) is 3.03. The number of nitrogens with zero attached hydrogens (tertiary/aromatic N) is 1. The molecule has 198 valence electrons. The molecule has 9 heteroatoms. The first-order valence-electron chi connectivity index (χ1n) is 11.9. The standard InChI is InChI=1S/C29H29ClN2O6/c1-5-18(2)28-26(34)16-20(17-27(28)37-3)7-6-19-14-23(30)29(38-4)24(15-19)31-13-12-25(33)21-8-10-22(11-9-21)32(35)36/h6-18,31,34H,5H2,1-4H3/b7-6-,13-12-. The van der Waals surface area contributed by atoms with Gasteiger partial charge in [-0.25, -0.2) is 0 Å². The van der Waals surface area contributed by atoms with Crippen LogP contribution < -0.4 is 14.8 Å². The summed E-state index contributed by atoms with van der Waals surface area (Å²) in [5.74, 6) is 1.02. The van der Waals surface area contributed by atoms with Crippen LogP contribution in [0.3, 0.4) is 0 Å². The van der Waals surface area contributed by atoms with Crippen LogP contribution >= 0.6 is 11.6 Å². The molecule has 8 nitrogen and oxygen atoms in total. The summed E-state index contributed by atoms with van der Waals surface area (Å²) in [5, 5.41) is 24.8. The fourth-order valence-electron chi connectivity index (χ4n) is 3.87. The van der Waals surface area contributed by atoms with Gasteiger partial charge < -0.3 is 19.9 Å². The number of aromatic hydroxyl groups is 1. The molecule has 0 spiro atoms. The number of phenolic OH excluding ortho intramolecular Hbond substituents is 1. The first kappa shape index (κ1) is 28.3. The molecule has 3 aromatic carbocycles. The highest BCUT2D eigenvalue weighted by atomic mass is 35.5. The molecule has 0 bridgehead atoms. The summed E-state index contributed by atoms with van der Waals surface area (Å²) >= 11 is 6.43. The number of non-ortho nitro benzene ring substituents is 1. The molecule has 0 aliphatic rings. The fourth-order valence-corrected chi connectivity index (χ4v) is 4.17. The minimum absolute atomic E-state index is 0.0898. The second-order valence-corrected chi connectivity index (χ2v) is 8.94. The maximum absolute atomic E-state index is 12.4. The van der Waals surface area contributed by atoms with Crippen LogP contribution in [0.2, 0.25) is 5.02 Å². The van der Waals surface area contributed by atoms with E-state index >= 15 is 0 Å². The molecular weight excluding hydrogens is 508 g/mol. The zero-order valence-electron chi connectivity index (χ0n) is 21.5. The van der Waals surface area contributed by atoms with E-state index in [0.29, 0.717) is 27.8 Å². The largest absolute Gasteiger partial charge is 0.507 e. The first-order valence-corrected chi connectivity index (χ1v) is 12.2. The number of nitrogens with one attached hydrogen (secondary N) is 1. The third-order valence-electron chi connectivity index (χ3n) is 6.04. The van der Waals surface area contributed by atoms with Crippen molar-refractivity contribution >= 4 is 40.9 Å². The van der Waals surface area contributed by atoms with E-state index in [1.807, 2.05) is 25.1 Å². The van der Waals surface area contributed by atoms with E-state index in [0.717, 1.165) is 23.1 Å². The van der Waals surface area contributed by atoms with Gasteiger partial charge in [0.25, 0.3) is 5.69 Å². The normalized spacial score (nSPS) is 12.0. The molecule has 0 saturated heterocycles. The number of benzene rings is 3. The fraction of sp³-hybridized carbons (Fsp3) is 0.207. The van der Waals surface area contributed by atoms with Crippen molar-refractivity contribution in [3.63, 3.8) is 0 Å². The van der Waals surface area contributed by atoms with Gasteiger partial charge in [-0.2, -0.15) is 0 Å². The molecular formula is C29H29ClN2O6. The Balaban J connectivity index is 1.82. The van der Waals surface area contributed by atoms with Crippen molar-refractivity contribution in [1.29, 1.82) is 0 Å². The van der Waals surface area contributed by atoms with Gasteiger partial charge in [0.05, 0.1) is 29.9 Å². The van der Waals surface area contributed by atoms with Gasteiger partial charge in [0.2, 0.25) is 0 Å². The van der Waals surface area contributed by atoms with E-state index in [4.69, 9.17) is 21.1 Å². The minimum Gasteiger partial charge on any atom is -0.507 e. The Morgan fingerprint density at radius 1 is 1.11 bits per heavy atom. The maximum atomic E-state index is 12.4. The molecule has 0 amide bonds. The monoisotopic (exact) mass is 536 g/mol. The average Bonchev–Trinajstić information content (AvgIpc) is 2.91. The third-order valence-corrected chi connectivity index (χ3v) is 6.32. The van der Waals surface area contributed by atoms with Crippen LogP contribution in [0.25, 0.3) is 12.2 Å². The van der Waals surface area contributed by atoms with E-state index in [2.05, 4.69) is 12.2 Å². The Morgan fingerprint density at radius 2 is 1.76 bits per heavy atom. The van der Waals surface area contributed by atoms with Gasteiger partial charge in [-0.3, -0.25) is 14.9 Å². The van der Waals surface area contributed by atoms with Gasteiger partial charge in [0.1, 0.15) is 11.5 Å². The van der Waals surface area contributed by atoms with Gasteiger partial charge >= 0.3 is 0 Å². The van der Waals surface area contributed by atoms with Crippen LogP contribution in [-0.2, 0) is 0 Å². The minimum atomic E-state index is -0.524. The number of carbonyl (C=O) groups is 1. The van der Waals surface area contributed by atoms with Crippen LogP contribution in [0.15, 0.2) is 60.8 Å². The van der Waals surface area contributed by atoms with Crippen LogP contribution in [0, 0.1) is 10.1 Å². The van der Waals surface area contributed by atoms with Gasteiger partial charge in [0.15, 0.2) is 11.5 Å². The molecule has 3 rings (SSSR count). The predicted octanol–water partition coefficient (Wildman–Crippen LogP) is 7.46. The molecule has 0 aliphatic carbocycles. The summed E-state index contributed by atoms with van der Waals surface area (Å²) in [4.78, 5) is 22.7. The maximum Gasteiger partial charge on any atom is 0.269 e. The molecule has 2 N–H and O–H groups in total. The number of hydrogen-bond acceptors (Lipinski definition) is 7. The Bertz CT molecular complexity index is 1380. The zero-order valence-corrected chi connectivity index (χ0v) is 22.3. The molecule has 0 aromatic heterocycles. The highest BCUT2D eigenvalue weighted by molar-refractivity contribution is 6.32. The van der Waals surface area contributed by atoms with Crippen molar-refractivity contribution in [2.24, 2.45) is 0 Å². The second-order valence-electron chi connectivity index (χ2n) is 8.53. The predicted molar refractivity (Wildman–Crippen MR) is 150 cm³/mol. The lowest BCUT2D eigenvalue weighted by Crippen LogP contribution is -1.99. The van der Waals surface area contributed by atoms with Crippen LogP contribution in [0.5, 0.6) is 17.2 Å². The van der Waals surface area contributed by atoms with Crippen molar-refractivity contribution in [3.8, 4) is 17.2 Å². The number of ketones is 1. The lowest BCUT2D eigenvalue weighted by molar-refractivity contribution is -0.384. The van der Waals surface area contributed by atoms with Crippen molar-refractivity contribution in [2.75, 3.05) is 19.5 Å². The van der Waals surface area contributed by atoms with E-state index in [-0.39, 0.29) is 23.1 Å². The Morgan fingerprint density at radius 3 is 2.34 bits per heavy atom. The Kier molecular flexibility index (Phi) is 9.51. The topological polar surface area (TPSA) is 111 Å². The number of anilines is 1. The average molecular weight is 537 g/mol. The second kappa shape index (κ2) is 12.8. The highest BCUT2D eigenvalue weighted by Crippen LogP contribution is 2.38. The Labute approximate surface area is 226 Å². The molecule has 1 atom stereocenters. The lowest BCUT2D eigenvalue weighted by Gasteiger charge is -2.16. The molecule has 38 heavy (non-hydrogen) atoms. The quantitative estimate of drug-likeness (QED) is 0.0859. The van der Waals surface area contributed by atoms with Crippen molar-refractivity contribution in [3.05, 3.63) is 98.2 Å². The SMILES string of the molecule is CCC(C)c1c(O)cc(/C=C\c2cc(Cl)c(OC)c(N/C=C\C(=O)c3ccc([N+](=O)[O-])cc3)c2)cc1OC. The summed E-state index contributed by atoms with van der Waals surface area (Å²) < 4.78 is 10.9. The number of allylic oxidation sites excluding steroid dienone is 1. The number of ether oxygens (including phenoxy) is 2. The molecule has 0 aliphatic heterocycles. The van der Waals surface area contributed by atoms with E-state index in [1.54, 1.807) is 25.3 Å². The molecule has 0 radical (unpaired) electrons. The molecule has 0 heterocycles. The third kappa shape index (κ3) is 6.72.